The van der Waals surface area contributed by atoms with Crippen molar-refractivity contribution in [2.24, 2.45) is 5.92 Å². The van der Waals surface area contributed by atoms with Crippen LogP contribution in [0, 0.1) is 5.92 Å². The number of hydrogen-bond acceptors (Lipinski definition) is 2. The Morgan fingerprint density at radius 1 is 1.10 bits per heavy atom. The van der Waals surface area contributed by atoms with Crippen LogP contribution in [0.1, 0.15) is 28.8 Å². The molecule has 0 spiro atoms. The second kappa shape index (κ2) is 8.47. The third kappa shape index (κ3) is 4.41. The van der Waals surface area contributed by atoms with Gasteiger partial charge in [-0.25, -0.2) is 0 Å². The van der Waals surface area contributed by atoms with Crippen molar-refractivity contribution in [1.29, 1.82) is 0 Å². The van der Waals surface area contributed by atoms with Gasteiger partial charge in [-0.05, 0) is 54.8 Å². The third-order valence-electron chi connectivity index (χ3n) is 5.33. The number of carbonyl (C=O) groups excluding carboxylic acids is 2. The molecule has 7 heteroatoms. The highest BCUT2D eigenvalue weighted by Gasteiger charge is 2.29. The van der Waals surface area contributed by atoms with Gasteiger partial charge in [0, 0.05) is 42.3 Å². The van der Waals surface area contributed by atoms with Crippen molar-refractivity contribution < 1.29 is 9.59 Å². The quantitative estimate of drug-likeness (QED) is 0.633. The molecular weight excluding hydrogens is 409 g/mol. The minimum Gasteiger partial charge on any atom is -0.361 e. The second-order valence-electron chi connectivity index (χ2n) is 7.34. The Morgan fingerprint density at radius 2 is 1.97 bits per heavy atom. The summed E-state index contributed by atoms with van der Waals surface area (Å²) in [6.07, 6.45) is 3.44. The van der Waals surface area contributed by atoms with E-state index in [0.29, 0.717) is 35.2 Å². The Bertz CT molecular complexity index is 1060. The molecule has 0 aliphatic carbocycles. The zero-order valence-corrected chi connectivity index (χ0v) is 17.3. The average molecular weight is 430 g/mol. The van der Waals surface area contributed by atoms with Gasteiger partial charge in [-0.2, -0.15) is 0 Å². The van der Waals surface area contributed by atoms with Gasteiger partial charge in [0.05, 0.1) is 16.0 Å². The summed E-state index contributed by atoms with van der Waals surface area (Å²) in [5, 5.41) is 4.91. The SMILES string of the molecule is O=C(NCc1ccc(Cl)c(Cl)c1)[C@H]1CCCN(C(=O)c2ccc3[nH]ccc3c2)C1. The number of aromatic nitrogens is 1. The molecule has 1 fully saturated rings. The van der Waals surface area contributed by atoms with E-state index in [4.69, 9.17) is 23.2 Å². The van der Waals surface area contributed by atoms with Crippen LogP contribution in [0.2, 0.25) is 10.0 Å². The highest BCUT2D eigenvalue weighted by atomic mass is 35.5. The van der Waals surface area contributed by atoms with Gasteiger partial charge in [-0.3, -0.25) is 9.59 Å². The predicted molar refractivity (Wildman–Crippen MR) is 115 cm³/mol. The molecule has 4 rings (SSSR count). The number of hydrogen-bond donors (Lipinski definition) is 2. The van der Waals surface area contributed by atoms with Crippen molar-refractivity contribution in [3.8, 4) is 0 Å². The van der Waals surface area contributed by atoms with E-state index in [1.165, 1.54) is 0 Å². The van der Waals surface area contributed by atoms with Crippen molar-refractivity contribution in [2.45, 2.75) is 19.4 Å². The first-order valence-corrected chi connectivity index (χ1v) is 10.3. The third-order valence-corrected chi connectivity index (χ3v) is 6.07. The molecule has 0 unspecified atom stereocenters. The molecule has 1 aliphatic heterocycles. The summed E-state index contributed by atoms with van der Waals surface area (Å²) in [6.45, 7) is 1.47. The van der Waals surface area contributed by atoms with Crippen molar-refractivity contribution >= 4 is 45.9 Å². The van der Waals surface area contributed by atoms with Crippen LogP contribution in [0.3, 0.4) is 0 Å². The lowest BCUT2D eigenvalue weighted by molar-refractivity contribution is -0.126. The van der Waals surface area contributed by atoms with Gasteiger partial charge in [-0.15, -0.1) is 0 Å². The van der Waals surface area contributed by atoms with Crippen LogP contribution in [0.15, 0.2) is 48.7 Å². The molecule has 2 heterocycles. The number of nitrogens with zero attached hydrogens (tertiary/aromatic N) is 1. The highest BCUT2D eigenvalue weighted by Crippen LogP contribution is 2.23. The fourth-order valence-corrected chi connectivity index (χ4v) is 4.05. The number of aromatic amines is 1. The smallest absolute Gasteiger partial charge is 0.253 e. The van der Waals surface area contributed by atoms with E-state index >= 15 is 0 Å². The largest absolute Gasteiger partial charge is 0.361 e. The van der Waals surface area contributed by atoms with Crippen molar-refractivity contribution in [3.05, 3.63) is 69.8 Å². The Hall–Kier alpha value is -2.50. The number of benzene rings is 2. The van der Waals surface area contributed by atoms with Gasteiger partial charge < -0.3 is 15.2 Å². The number of nitrogens with one attached hydrogen (secondary N) is 2. The molecule has 5 nitrogen and oxygen atoms in total. The lowest BCUT2D eigenvalue weighted by atomic mass is 9.96. The van der Waals surface area contributed by atoms with Gasteiger partial charge in [0.15, 0.2) is 0 Å². The van der Waals surface area contributed by atoms with E-state index in [2.05, 4.69) is 10.3 Å². The summed E-state index contributed by atoms with van der Waals surface area (Å²) in [6, 6.07) is 12.9. The number of piperidine rings is 1. The lowest BCUT2D eigenvalue weighted by Gasteiger charge is -2.32. The Kier molecular flexibility index (Phi) is 5.79. The number of halogens is 2. The number of H-pyrrole nitrogens is 1. The van der Waals surface area contributed by atoms with Crippen LogP contribution >= 0.6 is 23.2 Å². The van der Waals surface area contributed by atoms with E-state index in [0.717, 1.165) is 29.3 Å². The number of fused-ring (bicyclic) bond motifs is 1. The first-order valence-electron chi connectivity index (χ1n) is 9.59. The zero-order chi connectivity index (χ0) is 20.4. The molecule has 2 N–H and O–H groups in total. The van der Waals surface area contributed by atoms with Crippen LogP contribution in [0.25, 0.3) is 10.9 Å². The fourth-order valence-electron chi connectivity index (χ4n) is 3.73. The molecule has 3 aromatic rings. The molecular formula is C22H21Cl2N3O2. The van der Waals surface area contributed by atoms with Crippen LogP contribution in [-0.2, 0) is 11.3 Å². The van der Waals surface area contributed by atoms with E-state index in [1.807, 2.05) is 36.5 Å². The summed E-state index contributed by atoms with van der Waals surface area (Å²) in [4.78, 5) is 30.5. The number of rotatable bonds is 4. The van der Waals surface area contributed by atoms with E-state index in [9.17, 15) is 9.59 Å². The van der Waals surface area contributed by atoms with Gasteiger partial charge in [-0.1, -0.05) is 29.3 Å². The van der Waals surface area contributed by atoms with E-state index < -0.39 is 0 Å². The number of amides is 2. The molecule has 2 aromatic carbocycles. The summed E-state index contributed by atoms with van der Waals surface area (Å²) in [5.74, 6) is -0.295. The van der Waals surface area contributed by atoms with Gasteiger partial charge in [0.25, 0.3) is 5.91 Å². The van der Waals surface area contributed by atoms with Gasteiger partial charge in [0.2, 0.25) is 5.91 Å². The maximum absolute atomic E-state index is 12.9. The van der Waals surface area contributed by atoms with E-state index in [-0.39, 0.29) is 17.7 Å². The van der Waals surface area contributed by atoms with Crippen LogP contribution in [-0.4, -0.2) is 34.8 Å². The maximum atomic E-state index is 12.9. The maximum Gasteiger partial charge on any atom is 0.253 e. The molecule has 29 heavy (non-hydrogen) atoms. The first-order chi connectivity index (χ1) is 14.0. The predicted octanol–water partition coefficient (Wildman–Crippen LogP) is 4.64. The lowest BCUT2D eigenvalue weighted by Crippen LogP contribution is -2.45. The van der Waals surface area contributed by atoms with Crippen LogP contribution in [0.5, 0.6) is 0 Å². The van der Waals surface area contributed by atoms with Crippen molar-refractivity contribution in [1.82, 2.24) is 15.2 Å². The minimum atomic E-state index is -0.216. The molecule has 0 bridgehead atoms. The normalized spacial score (nSPS) is 16.8. The Labute approximate surface area is 179 Å². The van der Waals surface area contributed by atoms with Crippen molar-refractivity contribution in [3.63, 3.8) is 0 Å². The monoisotopic (exact) mass is 429 g/mol. The van der Waals surface area contributed by atoms with Gasteiger partial charge >= 0.3 is 0 Å². The fraction of sp³-hybridized carbons (Fsp3) is 0.273. The molecule has 1 saturated heterocycles. The molecule has 1 atom stereocenters. The van der Waals surface area contributed by atoms with Gasteiger partial charge in [0.1, 0.15) is 0 Å². The van der Waals surface area contributed by atoms with Crippen LogP contribution in [0.4, 0.5) is 0 Å². The summed E-state index contributed by atoms with van der Waals surface area (Å²) >= 11 is 12.0. The second-order valence-corrected chi connectivity index (χ2v) is 8.15. The first kappa shape index (κ1) is 19.8. The summed E-state index contributed by atoms with van der Waals surface area (Å²) in [7, 11) is 0. The van der Waals surface area contributed by atoms with Crippen LogP contribution < -0.4 is 5.32 Å². The molecule has 1 aromatic heterocycles. The molecule has 150 valence electrons. The number of likely N-dealkylation sites (tertiary alicyclic amines) is 1. The average Bonchev–Trinajstić information content (AvgIpc) is 3.22. The molecule has 0 radical (unpaired) electrons. The number of carbonyl (C=O) groups is 2. The molecule has 0 saturated carbocycles. The van der Waals surface area contributed by atoms with Crippen molar-refractivity contribution in [2.75, 3.05) is 13.1 Å². The topological polar surface area (TPSA) is 65.2 Å². The molecule has 2 amide bonds. The summed E-state index contributed by atoms with van der Waals surface area (Å²) < 4.78 is 0. The zero-order valence-electron chi connectivity index (χ0n) is 15.8. The molecule has 1 aliphatic rings. The van der Waals surface area contributed by atoms with E-state index in [1.54, 1.807) is 17.0 Å². The Balaban J connectivity index is 1.38. The summed E-state index contributed by atoms with van der Waals surface area (Å²) in [5.41, 5.74) is 2.53. The standard InChI is InChI=1S/C22H21Cl2N3O2/c23-18-5-3-14(10-19(18)24)12-26-21(28)17-2-1-9-27(13-17)22(29)16-4-6-20-15(11-16)7-8-25-20/h3-8,10-11,17,25H,1-2,9,12-13H2,(H,26,28)/t17-/m0/s1. The highest BCUT2D eigenvalue weighted by molar-refractivity contribution is 6.42. The minimum absolute atomic E-state index is 0.0323. The Morgan fingerprint density at radius 3 is 2.79 bits per heavy atom.